The Morgan fingerprint density at radius 2 is 2.07 bits per heavy atom. The van der Waals surface area contributed by atoms with E-state index in [1.54, 1.807) is 0 Å². The highest BCUT2D eigenvalue weighted by Crippen LogP contribution is 2.44. The molecular formula is C9H16F3NO. The zero-order chi connectivity index (χ0) is 10.8. The van der Waals surface area contributed by atoms with Crippen LogP contribution in [0.2, 0.25) is 0 Å². The molecule has 0 aromatic heterocycles. The minimum Gasteiger partial charge on any atom is -0.380 e. The molecule has 0 radical (unpaired) electrons. The smallest absolute Gasteiger partial charge is 0.380 e. The summed E-state index contributed by atoms with van der Waals surface area (Å²) in [5, 5.41) is 9.44. The quantitative estimate of drug-likeness (QED) is 0.731. The maximum Gasteiger partial charge on any atom is 0.417 e. The standard InChI is InChI=1S/C9H16F3NO/c10-9(11,12)8(14)4-1-2-7(6-8)3-5-13/h7,14H,1-6,13H2. The van der Waals surface area contributed by atoms with E-state index in [4.69, 9.17) is 5.73 Å². The van der Waals surface area contributed by atoms with Crippen molar-refractivity contribution in [2.75, 3.05) is 6.54 Å². The molecule has 0 bridgehead atoms. The molecule has 1 saturated carbocycles. The molecule has 1 aliphatic rings. The van der Waals surface area contributed by atoms with Gasteiger partial charge in [0, 0.05) is 0 Å². The van der Waals surface area contributed by atoms with Gasteiger partial charge in [-0.1, -0.05) is 6.42 Å². The summed E-state index contributed by atoms with van der Waals surface area (Å²) in [6, 6.07) is 0. The summed E-state index contributed by atoms with van der Waals surface area (Å²) in [5.74, 6) is -0.0830. The first-order valence-electron chi connectivity index (χ1n) is 4.88. The van der Waals surface area contributed by atoms with Crippen LogP contribution in [0.15, 0.2) is 0 Å². The molecule has 0 aromatic carbocycles. The van der Waals surface area contributed by atoms with Crippen LogP contribution in [0.1, 0.15) is 32.1 Å². The summed E-state index contributed by atoms with van der Waals surface area (Å²) >= 11 is 0. The Bertz CT molecular complexity index is 193. The third-order valence-electron chi connectivity index (χ3n) is 2.93. The van der Waals surface area contributed by atoms with E-state index in [0.29, 0.717) is 19.4 Å². The van der Waals surface area contributed by atoms with Crippen LogP contribution in [0.3, 0.4) is 0 Å². The predicted molar refractivity (Wildman–Crippen MR) is 46.6 cm³/mol. The highest BCUT2D eigenvalue weighted by atomic mass is 19.4. The summed E-state index contributed by atoms with van der Waals surface area (Å²) in [5.41, 5.74) is 2.83. The van der Waals surface area contributed by atoms with Gasteiger partial charge >= 0.3 is 6.18 Å². The molecule has 84 valence electrons. The molecule has 1 rings (SSSR count). The Morgan fingerprint density at radius 3 is 2.57 bits per heavy atom. The van der Waals surface area contributed by atoms with E-state index in [-0.39, 0.29) is 18.8 Å². The lowest BCUT2D eigenvalue weighted by Gasteiger charge is -2.37. The van der Waals surface area contributed by atoms with Gasteiger partial charge in [-0.15, -0.1) is 0 Å². The highest BCUT2D eigenvalue weighted by molar-refractivity contribution is 4.92. The Balaban J connectivity index is 2.62. The molecule has 2 unspecified atom stereocenters. The summed E-state index contributed by atoms with van der Waals surface area (Å²) in [4.78, 5) is 0. The van der Waals surface area contributed by atoms with Gasteiger partial charge in [0.05, 0.1) is 0 Å². The number of hydrogen-bond donors (Lipinski definition) is 2. The number of nitrogens with two attached hydrogens (primary N) is 1. The molecule has 0 amide bonds. The second kappa shape index (κ2) is 4.06. The van der Waals surface area contributed by atoms with Gasteiger partial charge < -0.3 is 10.8 Å². The summed E-state index contributed by atoms with van der Waals surface area (Å²) in [6.07, 6.45) is -3.11. The van der Waals surface area contributed by atoms with Crippen molar-refractivity contribution in [1.82, 2.24) is 0 Å². The Kier molecular flexibility index (Phi) is 3.42. The first kappa shape index (κ1) is 11.8. The molecule has 1 aliphatic carbocycles. The lowest BCUT2D eigenvalue weighted by Crippen LogP contribution is -2.48. The van der Waals surface area contributed by atoms with Gasteiger partial charge in [0.15, 0.2) is 5.60 Å². The number of aliphatic hydroxyl groups is 1. The summed E-state index contributed by atoms with van der Waals surface area (Å²) < 4.78 is 37.4. The molecule has 0 saturated heterocycles. The van der Waals surface area contributed by atoms with Crippen LogP contribution in [0.4, 0.5) is 13.2 Å². The summed E-state index contributed by atoms with van der Waals surface area (Å²) in [6.45, 7) is 0.388. The van der Waals surface area contributed by atoms with E-state index < -0.39 is 11.8 Å². The van der Waals surface area contributed by atoms with Gasteiger partial charge in [-0.2, -0.15) is 13.2 Å². The zero-order valence-electron chi connectivity index (χ0n) is 7.98. The second-order valence-electron chi connectivity index (χ2n) is 4.07. The molecule has 0 aliphatic heterocycles. The Morgan fingerprint density at radius 1 is 1.43 bits per heavy atom. The third-order valence-corrected chi connectivity index (χ3v) is 2.93. The maximum absolute atomic E-state index is 12.5. The van der Waals surface area contributed by atoms with E-state index in [0.717, 1.165) is 6.42 Å². The number of halogens is 3. The van der Waals surface area contributed by atoms with E-state index in [9.17, 15) is 18.3 Å². The molecule has 3 N–H and O–H groups in total. The van der Waals surface area contributed by atoms with Crippen molar-refractivity contribution in [3.8, 4) is 0 Å². The molecule has 2 nitrogen and oxygen atoms in total. The van der Waals surface area contributed by atoms with Gasteiger partial charge in [-0.3, -0.25) is 0 Å². The molecule has 0 aromatic rings. The van der Waals surface area contributed by atoms with Crippen molar-refractivity contribution in [2.45, 2.75) is 43.9 Å². The molecule has 1 fully saturated rings. The van der Waals surface area contributed by atoms with Crippen LogP contribution >= 0.6 is 0 Å². The van der Waals surface area contributed by atoms with Crippen LogP contribution < -0.4 is 5.73 Å². The van der Waals surface area contributed by atoms with Crippen LogP contribution in [0.25, 0.3) is 0 Å². The Hall–Kier alpha value is -0.290. The fourth-order valence-corrected chi connectivity index (χ4v) is 2.10. The molecule has 2 atom stereocenters. The lowest BCUT2D eigenvalue weighted by atomic mass is 9.76. The number of rotatable bonds is 2. The van der Waals surface area contributed by atoms with E-state index >= 15 is 0 Å². The van der Waals surface area contributed by atoms with Crippen LogP contribution in [0, 0.1) is 5.92 Å². The molecule has 0 spiro atoms. The van der Waals surface area contributed by atoms with E-state index in [1.165, 1.54) is 0 Å². The maximum atomic E-state index is 12.5. The fraction of sp³-hybridized carbons (Fsp3) is 1.00. The molecule has 14 heavy (non-hydrogen) atoms. The van der Waals surface area contributed by atoms with Gasteiger partial charge in [-0.05, 0) is 38.1 Å². The number of alkyl halides is 3. The highest BCUT2D eigenvalue weighted by Gasteiger charge is 2.55. The van der Waals surface area contributed by atoms with Crippen molar-refractivity contribution >= 4 is 0 Å². The monoisotopic (exact) mass is 211 g/mol. The molecular weight excluding hydrogens is 195 g/mol. The van der Waals surface area contributed by atoms with Gasteiger partial charge in [-0.25, -0.2) is 0 Å². The average molecular weight is 211 g/mol. The van der Waals surface area contributed by atoms with Gasteiger partial charge in [0.2, 0.25) is 0 Å². The third kappa shape index (κ3) is 2.39. The van der Waals surface area contributed by atoms with Gasteiger partial charge in [0.25, 0.3) is 0 Å². The molecule has 5 heteroatoms. The van der Waals surface area contributed by atoms with Crippen molar-refractivity contribution in [1.29, 1.82) is 0 Å². The van der Waals surface area contributed by atoms with Gasteiger partial charge in [0.1, 0.15) is 0 Å². The second-order valence-corrected chi connectivity index (χ2v) is 4.07. The lowest BCUT2D eigenvalue weighted by molar-refractivity contribution is -0.274. The van der Waals surface area contributed by atoms with Crippen molar-refractivity contribution in [3.63, 3.8) is 0 Å². The normalized spacial score (nSPS) is 34.5. The zero-order valence-corrected chi connectivity index (χ0v) is 7.98. The van der Waals surface area contributed by atoms with Crippen LogP contribution in [0.5, 0.6) is 0 Å². The summed E-state index contributed by atoms with van der Waals surface area (Å²) in [7, 11) is 0. The Labute approximate surface area is 81.3 Å². The topological polar surface area (TPSA) is 46.2 Å². The average Bonchev–Trinajstić information content (AvgIpc) is 2.03. The fourth-order valence-electron chi connectivity index (χ4n) is 2.10. The minimum atomic E-state index is -4.50. The predicted octanol–water partition coefficient (Wildman–Crippen LogP) is 1.82. The van der Waals surface area contributed by atoms with Crippen LogP contribution in [-0.4, -0.2) is 23.4 Å². The van der Waals surface area contributed by atoms with Crippen molar-refractivity contribution in [2.24, 2.45) is 11.7 Å². The minimum absolute atomic E-state index is 0.0830. The first-order chi connectivity index (χ1) is 6.39. The van der Waals surface area contributed by atoms with Crippen molar-refractivity contribution in [3.05, 3.63) is 0 Å². The van der Waals surface area contributed by atoms with E-state index in [2.05, 4.69) is 0 Å². The molecule has 0 heterocycles. The largest absolute Gasteiger partial charge is 0.417 e. The van der Waals surface area contributed by atoms with Crippen LogP contribution in [-0.2, 0) is 0 Å². The number of hydrogen-bond acceptors (Lipinski definition) is 2. The first-order valence-corrected chi connectivity index (χ1v) is 4.88. The van der Waals surface area contributed by atoms with Crippen molar-refractivity contribution < 1.29 is 18.3 Å². The van der Waals surface area contributed by atoms with E-state index in [1.807, 2.05) is 0 Å². The SMILES string of the molecule is NCCC1CCCC(O)(C(F)(F)F)C1.